The first-order valence-corrected chi connectivity index (χ1v) is 12.8. The lowest BCUT2D eigenvalue weighted by Crippen LogP contribution is -2.21. The number of hydrogen-bond acceptors (Lipinski definition) is 5. The summed E-state index contributed by atoms with van der Waals surface area (Å²) < 4.78 is 0. The van der Waals surface area contributed by atoms with Crippen molar-refractivity contribution in [3.8, 4) is 11.1 Å². The SMILES string of the molecule is CCN(CC)c1ccc(-c2cc3nc4c5cccnc5c5ncccc5c4nc3c3ccccc23)cc1. The summed E-state index contributed by atoms with van der Waals surface area (Å²) in [5.74, 6) is 0. The molecule has 0 atom stereocenters. The van der Waals surface area contributed by atoms with Crippen molar-refractivity contribution < 1.29 is 0 Å². The molecule has 0 spiro atoms. The number of nitrogens with zero attached hydrogens (tertiary/aromatic N) is 5. The molecule has 0 bridgehead atoms. The van der Waals surface area contributed by atoms with E-state index in [4.69, 9.17) is 9.97 Å². The molecule has 0 unspecified atom stereocenters. The van der Waals surface area contributed by atoms with Gasteiger partial charge in [-0.15, -0.1) is 0 Å². The van der Waals surface area contributed by atoms with Crippen LogP contribution in [0.25, 0.3) is 65.8 Å². The molecule has 5 heteroatoms. The van der Waals surface area contributed by atoms with Gasteiger partial charge in [0.1, 0.15) is 0 Å². The fourth-order valence-corrected chi connectivity index (χ4v) is 5.51. The van der Waals surface area contributed by atoms with Crippen molar-refractivity contribution in [1.29, 1.82) is 0 Å². The highest BCUT2D eigenvalue weighted by atomic mass is 15.1. The average molecular weight is 480 g/mol. The number of benzene rings is 4. The smallest absolute Gasteiger partial charge is 0.0996 e. The predicted molar refractivity (Wildman–Crippen MR) is 154 cm³/mol. The molecule has 0 aliphatic rings. The third-order valence-electron chi connectivity index (χ3n) is 7.33. The Labute approximate surface area is 214 Å². The van der Waals surface area contributed by atoms with Crippen molar-refractivity contribution in [3.05, 3.63) is 91.3 Å². The predicted octanol–water partition coefficient (Wildman–Crippen LogP) is 7.55. The van der Waals surface area contributed by atoms with Crippen molar-refractivity contribution in [2.75, 3.05) is 18.0 Å². The average Bonchev–Trinajstić information content (AvgIpc) is 2.97. The van der Waals surface area contributed by atoms with Gasteiger partial charge in [0.05, 0.1) is 33.1 Å². The molecule has 0 N–H and O–H groups in total. The van der Waals surface area contributed by atoms with E-state index in [0.717, 1.165) is 67.9 Å². The van der Waals surface area contributed by atoms with Crippen LogP contribution in [0.4, 0.5) is 5.69 Å². The van der Waals surface area contributed by atoms with Gasteiger partial charge in [-0.05, 0) is 72.8 Å². The van der Waals surface area contributed by atoms with Gasteiger partial charge >= 0.3 is 0 Å². The largest absolute Gasteiger partial charge is 0.372 e. The van der Waals surface area contributed by atoms with E-state index in [0.29, 0.717) is 0 Å². The maximum Gasteiger partial charge on any atom is 0.0996 e. The molecule has 0 fully saturated rings. The molecule has 0 radical (unpaired) electrons. The first-order chi connectivity index (χ1) is 18.3. The minimum atomic E-state index is 0.854. The molecular formula is C32H25N5. The van der Waals surface area contributed by atoms with Gasteiger partial charge in [0, 0.05) is 47.3 Å². The van der Waals surface area contributed by atoms with Crippen molar-refractivity contribution in [1.82, 2.24) is 19.9 Å². The van der Waals surface area contributed by atoms with Crippen molar-refractivity contribution in [3.63, 3.8) is 0 Å². The van der Waals surface area contributed by atoms with Crippen LogP contribution in [-0.4, -0.2) is 33.0 Å². The number of anilines is 1. The van der Waals surface area contributed by atoms with E-state index in [2.05, 4.69) is 95.4 Å². The number of pyridine rings is 2. The summed E-state index contributed by atoms with van der Waals surface area (Å²) in [4.78, 5) is 22.1. The molecule has 5 nitrogen and oxygen atoms in total. The Morgan fingerprint density at radius 1 is 0.568 bits per heavy atom. The maximum absolute atomic E-state index is 5.24. The lowest BCUT2D eigenvalue weighted by atomic mass is 9.96. The molecule has 0 saturated carbocycles. The molecule has 3 heterocycles. The lowest BCUT2D eigenvalue weighted by Gasteiger charge is -2.21. The van der Waals surface area contributed by atoms with E-state index in [1.54, 1.807) is 0 Å². The fourth-order valence-electron chi connectivity index (χ4n) is 5.51. The van der Waals surface area contributed by atoms with Crippen molar-refractivity contribution in [2.45, 2.75) is 13.8 Å². The molecule has 7 rings (SSSR count). The number of hydrogen-bond donors (Lipinski definition) is 0. The first-order valence-electron chi connectivity index (χ1n) is 12.8. The molecule has 4 aromatic carbocycles. The van der Waals surface area contributed by atoms with Crippen LogP contribution in [0.2, 0.25) is 0 Å². The minimum absolute atomic E-state index is 0.854. The lowest BCUT2D eigenvalue weighted by molar-refractivity contribution is 0.866. The van der Waals surface area contributed by atoms with E-state index < -0.39 is 0 Å². The highest BCUT2D eigenvalue weighted by Crippen LogP contribution is 2.37. The molecule has 0 aliphatic carbocycles. The van der Waals surface area contributed by atoms with Crippen LogP contribution >= 0.6 is 0 Å². The van der Waals surface area contributed by atoms with Gasteiger partial charge in [-0.2, -0.15) is 0 Å². The second kappa shape index (κ2) is 8.49. The Hall–Kier alpha value is -4.64. The maximum atomic E-state index is 5.24. The molecular weight excluding hydrogens is 454 g/mol. The normalized spacial score (nSPS) is 11.7. The fraction of sp³-hybridized carbons (Fsp3) is 0.125. The summed E-state index contributed by atoms with van der Waals surface area (Å²) in [5, 5.41) is 4.21. The standard InChI is InChI=1S/C32H25N5/c1-3-37(4-2)21-15-13-20(14-16-21)26-19-27-28(23-10-6-5-9-22(23)26)36-32-25-12-8-18-34-30(25)29-24(31(32)35-27)11-7-17-33-29/h5-19H,3-4H2,1-2H3. The van der Waals surface area contributed by atoms with E-state index in [-0.39, 0.29) is 0 Å². The number of aromatic nitrogens is 4. The zero-order valence-electron chi connectivity index (χ0n) is 20.8. The number of fused-ring (bicyclic) bond motifs is 9. The van der Waals surface area contributed by atoms with E-state index >= 15 is 0 Å². The van der Waals surface area contributed by atoms with Gasteiger partial charge in [-0.25, -0.2) is 9.97 Å². The topological polar surface area (TPSA) is 54.8 Å². The highest BCUT2D eigenvalue weighted by molar-refractivity contribution is 6.23. The summed E-state index contributed by atoms with van der Waals surface area (Å²) in [5.41, 5.74) is 8.77. The van der Waals surface area contributed by atoms with Crippen molar-refractivity contribution >= 4 is 60.3 Å². The van der Waals surface area contributed by atoms with Gasteiger partial charge in [0.2, 0.25) is 0 Å². The monoisotopic (exact) mass is 479 g/mol. The van der Waals surface area contributed by atoms with Crippen LogP contribution in [0.1, 0.15) is 13.8 Å². The second-order valence-corrected chi connectivity index (χ2v) is 9.28. The quantitative estimate of drug-likeness (QED) is 0.193. The zero-order chi connectivity index (χ0) is 24.9. The van der Waals surface area contributed by atoms with Crippen LogP contribution in [-0.2, 0) is 0 Å². The third-order valence-corrected chi connectivity index (χ3v) is 7.33. The molecule has 0 aliphatic heterocycles. The Balaban J connectivity index is 1.56. The van der Waals surface area contributed by atoms with Crippen LogP contribution < -0.4 is 4.90 Å². The van der Waals surface area contributed by atoms with Gasteiger partial charge in [-0.1, -0.05) is 36.4 Å². The van der Waals surface area contributed by atoms with Crippen LogP contribution in [0.3, 0.4) is 0 Å². The molecule has 3 aromatic heterocycles. The molecule has 178 valence electrons. The second-order valence-electron chi connectivity index (χ2n) is 9.28. The van der Waals surface area contributed by atoms with Gasteiger partial charge in [0.15, 0.2) is 0 Å². The van der Waals surface area contributed by atoms with Crippen LogP contribution in [0.15, 0.2) is 91.3 Å². The highest BCUT2D eigenvalue weighted by Gasteiger charge is 2.16. The summed E-state index contributed by atoms with van der Waals surface area (Å²) in [6, 6.07) is 27.6. The Kier molecular flexibility index (Phi) is 4.96. The van der Waals surface area contributed by atoms with E-state index in [1.165, 1.54) is 16.6 Å². The summed E-state index contributed by atoms with van der Waals surface area (Å²) >= 11 is 0. The van der Waals surface area contributed by atoms with Gasteiger partial charge in [0.25, 0.3) is 0 Å². The third kappa shape index (κ3) is 3.31. The summed E-state index contributed by atoms with van der Waals surface area (Å²) in [6.45, 7) is 6.36. The summed E-state index contributed by atoms with van der Waals surface area (Å²) in [7, 11) is 0. The Morgan fingerprint density at radius 2 is 1.16 bits per heavy atom. The minimum Gasteiger partial charge on any atom is -0.372 e. The van der Waals surface area contributed by atoms with Gasteiger partial charge in [-0.3, -0.25) is 9.97 Å². The van der Waals surface area contributed by atoms with Crippen LogP contribution in [0.5, 0.6) is 0 Å². The Morgan fingerprint density at radius 3 is 1.81 bits per heavy atom. The Bertz CT molecular complexity index is 1960. The molecule has 7 aromatic rings. The van der Waals surface area contributed by atoms with Crippen molar-refractivity contribution in [2.24, 2.45) is 0 Å². The van der Waals surface area contributed by atoms with Crippen LogP contribution in [0, 0.1) is 0 Å². The first kappa shape index (κ1) is 21.6. The molecule has 0 amide bonds. The molecule has 37 heavy (non-hydrogen) atoms. The summed E-state index contributed by atoms with van der Waals surface area (Å²) in [6.07, 6.45) is 3.62. The van der Waals surface area contributed by atoms with E-state index in [1.807, 2.05) is 24.5 Å². The molecule has 0 saturated heterocycles. The number of rotatable bonds is 4. The zero-order valence-corrected chi connectivity index (χ0v) is 20.8. The van der Waals surface area contributed by atoms with Gasteiger partial charge < -0.3 is 4.90 Å². The van der Waals surface area contributed by atoms with E-state index in [9.17, 15) is 0 Å².